The van der Waals surface area contributed by atoms with E-state index < -0.39 is 40.6 Å². The number of rotatable bonds is 2. The maximum Gasteiger partial charge on any atom is 0.417 e. The molecule has 0 radical (unpaired) electrons. The number of carbonyl (C=O) groups is 2. The molecule has 25 heavy (non-hydrogen) atoms. The van der Waals surface area contributed by atoms with Crippen molar-refractivity contribution in [3.63, 3.8) is 0 Å². The van der Waals surface area contributed by atoms with Gasteiger partial charge in [-0.25, -0.2) is 9.59 Å². The van der Waals surface area contributed by atoms with Crippen LogP contribution in [-0.2, 0) is 25.2 Å². The third-order valence-corrected chi connectivity index (χ3v) is 3.91. The lowest BCUT2D eigenvalue weighted by molar-refractivity contribution is -0.222. The summed E-state index contributed by atoms with van der Waals surface area (Å²) in [7, 11) is 0. The number of nitrogens with zero attached hydrogens (tertiary/aromatic N) is 1. The molecule has 1 N–H and O–H groups in total. The first-order chi connectivity index (χ1) is 11.4. The maximum absolute atomic E-state index is 13.0. The summed E-state index contributed by atoms with van der Waals surface area (Å²) in [4.78, 5) is 23.6. The molecule has 1 aromatic carbocycles. The van der Waals surface area contributed by atoms with E-state index in [0.29, 0.717) is 0 Å². The van der Waals surface area contributed by atoms with Gasteiger partial charge >= 0.3 is 18.1 Å². The summed E-state index contributed by atoms with van der Waals surface area (Å²) in [6, 6.07) is 3.25. The molecule has 2 rings (SSSR count). The molecule has 0 aliphatic carbocycles. The van der Waals surface area contributed by atoms with E-state index in [1.807, 2.05) is 0 Å². The van der Waals surface area contributed by atoms with E-state index in [1.54, 1.807) is 22.6 Å². The molecular weight excluding hydrogens is 456 g/mol. The van der Waals surface area contributed by atoms with Crippen LogP contribution in [0.2, 0.25) is 0 Å². The van der Waals surface area contributed by atoms with Crippen LogP contribution >= 0.6 is 22.6 Å². The second kappa shape index (κ2) is 6.55. The highest BCUT2D eigenvalue weighted by Crippen LogP contribution is 2.35. The highest BCUT2D eigenvalue weighted by Gasteiger charge is 2.39. The van der Waals surface area contributed by atoms with Gasteiger partial charge in [0.1, 0.15) is 0 Å². The molecule has 1 fully saturated rings. The van der Waals surface area contributed by atoms with Crippen molar-refractivity contribution in [1.82, 2.24) is 0 Å². The van der Waals surface area contributed by atoms with E-state index in [4.69, 9.17) is 14.7 Å². The Labute approximate surface area is 153 Å². The SMILES string of the molecule is CC1(C)OC(=O)C(=CNc2cc(C(F)(F)F)c(C#N)cc2I)C(=O)O1. The Morgan fingerprint density at radius 3 is 2.28 bits per heavy atom. The first-order valence-electron chi connectivity index (χ1n) is 6.69. The van der Waals surface area contributed by atoms with Gasteiger partial charge in [-0.1, -0.05) is 0 Å². The molecule has 0 amide bonds. The number of carbonyl (C=O) groups excluding carboxylic acids is 2. The summed E-state index contributed by atoms with van der Waals surface area (Å²) in [5.74, 6) is -3.35. The number of nitriles is 1. The topological polar surface area (TPSA) is 88.4 Å². The minimum Gasteiger partial charge on any atom is -0.419 e. The van der Waals surface area contributed by atoms with Gasteiger partial charge in [0.05, 0.1) is 22.9 Å². The third kappa shape index (κ3) is 4.22. The number of hydrogen-bond donors (Lipinski definition) is 1. The van der Waals surface area contributed by atoms with E-state index in [0.717, 1.165) is 18.3 Å². The van der Waals surface area contributed by atoms with Crippen LogP contribution < -0.4 is 5.32 Å². The first-order valence-corrected chi connectivity index (χ1v) is 7.77. The van der Waals surface area contributed by atoms with Gasteiger partial charge in [0.15, 0.2) is 5.57 Å². The monoisotopic (exact) mass is 466 g/mol. The quantitative estimate of drug-likeness (QED) is 0.312. The van der Waals surface area contributed by atoms with Crippen molar-refractivity contribution in [2.45, 2.75) is 25.8 Å². The second-order valence-corrected chi connectivity index (χ2v) is 6.53. The molecule has 0 spiro atoms. The molecule has 0 unspecified atom stereocenters. The molecule has 10 heteroatoms. The summed E-state index contributed by atoms with van der Waals surface area (Å²) in [5.41, 5.74) is -2.20. The smallest absolute Gasteiger partial charge is 0.417 e. The number of ether oxygens (including phenoxy) is 2. The maximum atomic E-state index is 13.0. The Morgan fingerprint density at radius 1 is 1.24 bits per heavy atom. The number of esters is 2. The van der Waals surface area contributed by atoms with Gasteiger partial charge in [0.2, 0.25) is 0 Å². The third-order valence-electron chi connectivity index (χ3n) is 3.02. The number of nitrogens with one attached hydrogen (secondary N) is 1. The van der Waals surface area contributed by atoms with Crippen LogP contribution in [0.5, 0.6) is 0 Å². The fraction of sp³-hybridized carbons (Fsp3) is 0.267. The number of cyclic esters (lactones) is 2. The van der Waals surface area contributed by atoms with Crippen molar-refractivity contribution in [2.24, 2.45) is 0 Å². The van der Waals surface area contributed by atoms with E-state index >= 15 is 0 Å². The van der Waals surface area contributed by atoms with Crippen molar-refractivity contribution >= 4 is 40.2 Å². The van der Waals surface area contributed by atoms with Crippen molar-refractivity contribution in [3.8, 4) is 6.07 Å². The summed E-state index contributed by atoms with van der Waals surface area (Å²) in [6.07, 6.45) is -3.82. The highest BCUT2D eigenvalue weighted by atomic mass is 127. The summed E-state index contributed by atoms with van der Waals surface area (Å²) < 4.78 is 49.1. The average molecular weight is 466 g/mol. The molecule has 1 aromatic rings. The fourth-order valence-electron chi connectivity index (χ4n) is 1.94. The van der Waals surface area contributed by atoms with Crippen LogP contribution in [0.4, 0.5) is 18.9 Å². The minimum atomic E-state index is -4.73. The predicted octanol–water partition coefficient (Wildman–Crippen LogP) is 3.31. The Morgan fingerprint density at radius 2 is 1.80 bits per heavy atom. The molecule has 1 heterocycles. The van der Waals surface area contributed by atoms with E-state index in [2.05, 4.69) is 5.32 Å². The Hall–Kier alpha value is -2.29. The highest BCUT2D eigenvalue weighted by molar-refractivity contribution is 14.1. The van der Waals surface area contributed by atoms with Crippen molar-refractivity contribution in [2.75, 3.05) is 5.32 Å². The zero-order chi connectivity index (χ0) is 19.0. The summed E-state index contributed by atoms with van der Waals surface area (Å²) in [6.45, 7) is 2.73. The molecule has 1 aliphatic heterocycles. The lowest BCUT2D eigenvalue weighted by Gasteiger charge is -2.29. The van der Waals surface area contributed by atoms with Gasteiger partial charge in [-0.05, 0) is 34.7 Å². The van der Waals surface area contributed by atoms with Crippen LogP contribution in [0.15, 0.2) is 23.9 Å². The van der Waals surface area contributed by atoms with Gasteiger partial charge in [-0.15, -0.1) is 0 Å². The van der Waals surface area contributed by atoms with Gasteiger partial charge in [0, 0.05) is 23.6 Å². The van der Waals surface area contributed by atoms with Crippen LogP contribution in [0, 0.1) is 14.9 Å². The van der Waals surface area contributed by atoms with E-state index in [9.17, 15) is 22.8 Å². The zero-order valence-corrected chi connectivity index (χ0v) is 15.0. The molecule has 0 aromatic heterocycles. The summed E-state index contributed by atoms with van der Waals surface area (Å²) >= 11 is 1.72. The van der Waals surface area contributed by atoms with Crippen LogP contribution in [0.1, 0.15) is 25.0 Å². The van der Waals surface area contributed by atoms with Gasteiger partial charge in [0.25, 0.3) is 5.79 Å². The van der Waals surface area contributed by atoms with Crippen LogP contribution in [-0.4, -0.2) is 17.7 Å². The number of hydrogen-bond acceptors (Lipinski definition) is 6. The lowest BCUT2D eigenvalue weighted by Crippen LogP contribution is -2.42. The largest absolute Gasteiger partial charge is 0.419 e. The van der Waals surface area contributed by atoms with E-state index in [-0.39, 0.29) is 9.26 Å². The van der Waals surface area contributed by atoms with E-state index in [1.165, 1.54) is 19.9 Å². The number of benzene rings is 1. The number of halogens is 4. The molecule has 1 aliphatic rings. The minimum absolute atomic E-state index is 0.0372. The number of anilines is 1. The van der Waals surface area contributed by atoms with Crippen LogP contribution in [0.25, 0.3) is 0 Å². The molecule has 6 nitrogen and oxygen atoms in total. The summed E-state index contributed by atoms with van der Waals surface area (Å²) in [5, 5.41) is 11.3. The lowest BCUT2D eigenvalue weighted by atomic mass is 10.1. The second-order valence-electron chi connectivity index (χ2n) is 5.37. The normalized spacial score (nSPS) is 16.6. The van der Waals surface area contributed by atoms with Gasteiger partial charge in [-0.2, -0.15) is 18.4 Å². The predicted molar refractivity (Wildman–Crippen MR) is 86.8 cm³/mol. The van der Waals surface area contributed by atoms with Crippen molar-refractivity contribution in [1.29, 1.82) is 5.26 Å². The Balaban J connectivity index is 2.37. The van der Waals surface area contributed by atoms with Crippen molar-refractivity contribution < 1.29 is 32.2 Å². The Kier molecular flexibility index (Phi) is 4.99. The zero-order valence-electron chi connectivity index (χ0n) is 12.8. The Bertz CT molecular complexity index is 803. The van der Waals surface area contributed by atoms with Crippen molar-refractivity contribution in [3.05, 3.63) is 38.6 Å². The first kappa shape index (κ1) is 19.0. The molecule has 0 atom stereocenters. The van der Waals surface area contributed by atoms with Gasteiger partial charge < -0.3 is 14.8 Å². The molecule has 1 saturated heterocycles. The molecule has 0 bridgehead atoms. The van der Waals surface area contributed by atoms with Gasteiger partial charge in [-0.3, -0.25) is 0 Å². The number of alkyl halides is 3. The molecule has 132 valence electrons. The fourth-order valence-corrected chi connectivity index (χ4v) is 2.56. The molecular formula is C15H10F3IN2O4. The standard InChI is InChI=1S/C15H10F3IN2O4/c1-14(2)24-12(22)8(13(23)25-14)6-21-11-4-9(15(16,17)18)7(5-20)3-10(11)19/h3-4,6,21H,1-2H3. The molecule has 0 saturated carbocycles. The van der Waals surface area contributed by atoms with Crippen LogP contribution in [0.3, 0.4) is 0 Å². The average Bonchev–Trinajstić information content (AvgIpc) is 2.44.